The third-order valence-corrected chi connectivity index (χ3v) is 4.08. The monoisotopic (exact) mass is 294 g/mol. The van der Waals surface area contributed by atoms with Crippen LogP contribution >= 0.6 is 15.2 Å². The van der Waals surface area contributed by atoms with Gasteiger partial charge in [-0.1, -0.05) is 24.3 Å². The van der Waals surface area contributed by atoms with Gasteiger partial charge in [-0.05, 0) is 24.0 Å². The fraction of sp³-hybridized carbons (Fsp3) is 0.400. The topological polar surface area (TPSA) is 115 Å². The van der Waals surface area contributed by atoms with Gasteiger partial charge in [0.2, 0.25) is 0 Å². The van der Waals surface area contributed by atoms with Crippen molar-refractivity contribution in [3.63, 3.8) is 0 Å². The van der Waals surface area contributed by atoms with Crippen LogP contribution < -0.4 is 0 Å². The Morgan fingerprint density at radius 3 is 1.39 bits per heavy atom. The van der Waals surface area contributed by atoms with E-state index in [4.69, 9.17) is 19.6 Å². The Kier molecular flexibility index (Phi) is 5.29. The lowest BCUT2D eigenvalue weighted by Gasteiger charge is -2.10. The van der Waals surface area contributed by atoms with Crippen molar-refractivity contribution in [3.05, 3.63) is 35.4 Å². The highest BCUT2D eigenvalue weighted by Crippen LogP contribution is 2.37. The third-order valence-electron chi connectivity index (χ3n) is 2.46. The van der Waals surface area contributed by atoms with Gasteiger partial charge in [-0.2, -0.15) is 0 Å². The largest absolute Gasteiger partial charge is 0.325 e. The third kappa shape index (κ3) is 6.45. The predicted molar refractivity (Wildman–Crippen MR) is 67.7 cm³/mol. The summed E-state index contributed by atoms with van der Waals surface area (Å²) in [7, 11) is -8.11. The Balaban J connectivity index is 2.74. The predicted octanol–water partition coefficient (Wildman–Crippen LogP) is 1.13. The van der Waals surface area contributed by atoms with Crippen molar-refractivity contribution >= 4 is 15.2 Å². The number of hydrogen-bond acceptors (Lipinski definition) is 2. The number of aryl methyl sites for hydroxylation is 2. The van der Waals surface area contributed by atoms with E-state index in [1.807, 2.05) is 0 Å². The van der Waals surface area contributed by atoms with Crippen LogP contribution in [0.25, 0.3) is 0 Å². The molecule has 0 aliphatic heterocycles. The summed E-state index contributed by atoms with van der Waals surface area (Å²) in [5.41, 5.74) is 1.43. The summed E-state index contributed by atoms with van der Waals surface area (Å²) in [6, 6.07) is 6.89. The SMILES string of the molecule is O=P(O)(O)CCc1ccccc1CCP(=O)(O)O. The Morgan fingerprint density at radius 2 is 1.11 bits per heavy atom. The Labute approximate surface area is 105 Å². The molecule has 0 aliphatic rings. The molecule has 0 aliphatic carbocycles. The van der Waals surface area contributed by atoms with Crippen LogP contribution in [-0.2, 0) is 22.0 Å². The second-order valence-electron chi connectivity index (χ2n) is 4.05. The van der Waals surface area contributed by atoms with Crippen molar-refractivity contribution in [2.75, 3.05) is 12.3 Å². The number of benzene rings is 1. The average molecular weight is 294 g/mol. The molecule has 0 saturated carbocycles. The van der Waals surface area contributed by atoms with Gasteiger partial charge in [0.1, 0.15) is 0 Å². The van der Waals surface area contributed by atoms with E-state index in [9.17, 15) is 9.13 Å². The zero-order valence-corrected chi connectivity index (χ0v) is 11.4. The standard InChI is InChI=1S/C10H16O6P2/c11-17(12,13)7-5-9-3-1-2-4-10(9)6-8-18(14,15)16/h1-4H,5-8H2,(H2,11,12,13)(H2,14,15,16). The number of rotatable bonds is 6. The smallest absolute Gasteiger partial charge is 0.324 e. The molecule has 0 fully saturated rings. The lowest BCUT2D eigenvalue weighted by Crippen LogP contribution is -2.01. The summed E-state index contributed by atoms with van der Waals surface area (Å²) in [4.78, 5) is 35.3. The van der Waals surface area contributed by atoms with Crippen LogP contribution in [0, 0.1) is 0 Å². The Bertz CT molecular complexity index is 444. The molecule has 0 heterocycles. The summed E-state index contributed by atoms with van der Waals surface area (Å²) in [6.07, 6.45) is -0.136. The summed E-state index contributed by atoms with van der Waals surface area (Å²) < 4.78 is 21.6. The molecule has 0 amide bonds. The van der Waals surface area contributed by atoms with E-state index in [0.29, 0.717) is 11.1 Å². The second kappa shape index (κ2) is 6.11. The highest BCUT2D eigenvalue weighted by Gasteiger charge is 2.16. The molecule has 8 heteroatoms. The Morgan fingerprint density at radius 1 is 0.778 bits per heavy atom. The second-order valence-corrected chi connectivity index (χ2v) is 7.60. The summed E-state index contributed by atoms with van der Waals surface area (Å²) in [5.74, 6) is 0. The lowest BCUT2D eigenvalue weighted by molar-refractivity contribution is 0.370. The van der Waals surface area contributed by atoms with E-state index in [1.165, 1.54) is 0 Å². The van der Waals surface area contributed by atoms with Gasteiger partial charge in [-0.15, -0.1) is 0 Å². The molecule has 0 unspecified atom stereocenters. The van der Waals surface area contributed by atoms with Gasteiger partial charge in [0.05, 0.1) is 12.3 Å². The minimum absolute atomic E-state index is 0.196. The first kappa shape index (κ1) is 15.6. The van der Waals surface area contributed by atoms with Crippen LogP contribution in [0.1, 0.15) is 11.1 Å². The van der Waals surface area contributed by atoms with Crippen LogP contribution in [0.3, 0.4) is 0 Å². The van der Waals surface area contributed by atoms with Gasteiger partial charge in [-0.3, -0.25) is 9.13 Å². The average Bonchev–Trinajstić information content (AvgIpc) is 2.22. The molecule has 0 saturated heterocycles. The fourth-order valence-corrected chi connectivity index (χ4v) is 2.64. The van der Waals surface area contributed by atoms with E-state index < -0.39 is 15.2 Å². The van der Waals surface area contributed by atoms with E-state index in [2.05, 4.69) is 0 Å². The van der Waals surface area contributed by atoms with Gasteiger partial charge >= 0.3 is 15.2 Å². The normalized spacial score (nSPS) is 12.7. The molecule has 1 rings (SSSR count). The maximum absolute atomic E-state index is 10.8. The first-order chi connectivity index (χ1) is 8.17. The van der Waals surface area contributed by atoms with Crippen LogP contribution in [-0.4, -0.2) is 31.9 Å². The molecule has 4 N–H and O–H groups in total. The van der Waals surface area contributed by atoms with E-state index in [1.54, 1.807) is 24.3 Å². The molecule has 1 aromatic rings. The molecule has 6 nitrogen and oxygen atoms in total. The minimum Gasteiger partial charge on any atom is -0.324 e. The Hall–Kier alpha value is -0.480. The lowest BCUT2D eigenvalue weighted by atomic mass is 10.0. The maximum atomic E-state index is 10.8. The summed E-state index contributed by atoms with van der Waals surface area (Å²) >= 11 is 0. The molecule has 0 aromatic heterocycles. The van der Waals surface area contributed by atoms with Crippen molar-refractivity contribution < 1.29 is 28.7 Å². The number of hydrogen-bond donors (Lipinski definition) is 4. The molecule has 1 aromatic carbocycles. The van der Waals surface area contributed by atoms with Gasteiger partial charge in [0.25, 0.3) is 0 Å². The van der Waals surface area contributed by atoms with Crippen molar-refractivity contribution in [3.8, 4) is 0 Å². The molecular weight excluding hydrogens is 278 g/mol. The fourth-order valence-electron chi connectivity index (χ4n) is 1.58. The zero-order chi connectivity index (χ0) is 13.8. The van der Waals surface area contributed by atoms with E-state index in [0.717, 1.165) is 0 Å². The molecule has 0 bridgehead atoms. The van der Waals surface area contributed by atoms with Crippen molar-refractivity contribution in [1.29, 1.82) is 0 Å². The molecule has 0 radical (unpaired) electrons. The molecule has 0 spiro atoms. The highest BCUT2D eigenvalue weighted by molar-refractivity contribution is 7.52. The first-order valence-corrected chi connectivity index (χ1v) is 8.93. The van der Waals surface area contributed by atoms with Crippen molar-refractivity contribution in [1.82, 2.24) is 0 Å². The quantitative estimate of drug-likeness (QED) is 0.585. The zero-order valence-electron chi connectivity index (χ0n) is 9.64. The first-order valence-electron chi connectivity index (χ1n) is 5.33. The van der Waals surface area contributed by atoms with Crippen molar-refractivity contribution in [2.45, 2.75) is 12.8 Å². The van der Waals surface area contributed by atoms with Gasteiger partial charge in [0.15, 0.2) is 0 Å². The van der Waals surface area contributed by atoms with E-state index >= 15 is 0 Å². The van der Waals surface area contributed by atoms with Crippen LogP contribution in [0.5, 0.6) is 0 Å². The summed E-state index contributed by atoms with van der Waals surface area (Å²) in [6.45, 7) is 0. The van der Waals surface area contributed by atoms with Crippen LogP contribution in [0.2, 0.25) is 0 Å². The molecule has 102 valence electrons. The minimum atomic E-state index is -4.06. The van der Waals surface area contributed by atoms with Crippen LogP contribution in [0.15, 0.2) is 24.3 Å². The highest BCUT2D eigenvalue weighted by atomic mass is 31.2. The van der Waals surface area contributed by atoms with Gasteiger partial charge in [-0.25, -0.2) is 0 Å². The molecular formula is C10H16O6P2. The summed E-state index contributed by atoms with van der Waals surface area (Å²) in [5, 5.41) is 0. The van der Waals surface area contributed by atoms with E-state index in [-0.39, 0.29) is 25.2 Å². The molecule has 0 atom stereocenters. The van der Waals surface area contributed by atoms with Gasteiger partial charge in [0, 0.05) is 0 Å². The van der Waals surface area contributed by atoms with Crippen LogP contribution in [0.4, 0.5) is 0 Å². The molecule has 18 heavy (non-hydrogen) atoms. The van der Waals surface area contributed by atoms with Gasteiger partial charge < -0.3 is 19.6 Å². The van der Waals surface area contributed by atoms with Crippen molar-refractivity contribution in [2.24, 2.45) is 0 Å². The maximum Gasteiger partial charge on any atom is 0.325 e.